The smallest absolute Gasteiger partial charge is 0.258 e. The lowest BCUT2D eigenvalue weighted by Gasteiger charge is -2.07. The molecule has 0 fully saturated rings. The molecular formula is C13H10BrNO2. The van der Waals surface area contributed by atoms with Crippen LogP contribution >= 0.6 is 15.9 Å². The van der Waals surface area contributed by atoms with Gasteiger partial charge in [0.2, 0.25) is 0 Å². The van der Waals surface area contributed by atoms with E-state index in [0.717, 1.165) is 15.6 Å². The molecule has 0 heterocycles. The Balaban J connectivity index is 2.64. The van der Waals surface area contributed by atoms with E-state index in [-0.39, 0.29) is 10.6 Å². The van der Waals surface area contributed by atoms with Gasteiger partial charge >= 0.3 is 0 Å². The Morgan fingerprint density at radius 2 is 1.82 bits per heavy atom. The number of rotatable bonds is 2. The second-order valence-corrected chi connectivity index (χ2v) is 4.65. The third-order valence-corrected chi connectivity index (χ3v) is 3.07. The van der Waals surface area contributed by atoms with Crippen LogP contribution in [0.2, 0.25) is 0 Å². The van der Waals surface area contributed by atoms with Crippen molar-refractivity contribution in [3.8, 4) is 11.1 Å². The van der Waals surface area contributed by atoms with Gasteiger partial charge in [-0.15, -0.1) is 0 Å². The van der Waals surface area contributed by atoms with Gasteiger partial charge in [0, 0.05) is 10.5 Å². The Morgan fingerprint density at radius 1 is 1.12 bits per heavy atom. The van der Waals surface area contributed by atoms with E-state index in [1.165, 1.54) is 6.07 Å². The van der Waals surface area contributed by atoms with Gasteiger partial charge in [-0.3, -0.25) is 10.1 Å². The first-order chi connectivity index (χ1) is 8.09. The van der Waals surface area contributed by atoms with Crippen LogP contribution in [0.15, 0.2) is 46.9 Å². The largest absolute Gasteiger partial charge is 0.277 e. The Morgan fingerprint density at radius 3 is 2.47 bits per heavy atom. The van der Waals surface area contributed by atoms with E-state index in [1.807, 2.05) is 31.2 Å². The minimum Gasteiger partial charge on any atom is -0.258 e. The van der Waals surface area contributed by atoms with Crippen molar-refractivity contribution in [2.75, 3.05) is 0 Å². The zero-order valence-corrected chi connectivity index (χ0v) is 10.8. The number of nitro benzene ring substituents is 1. The normalized spacial score (nSPS) is 10.2. The summed E-state index contributed by atoms with van der Waals surface area (Å²) < 4.78 is 0.970. The van der Waals surface area contributed by atoms with Crippen molar-refractivity contribution in [2.45, 2.75) is 6.92 Å². The molecule has 0 unspecified atom stereocenters. The second-order valence-electron chi connectivity index (χ2n) is 3.73. The number of halogens is 1. The van der Waals surface area contributed by atoms with Gasteiger partial charge in [-0.1, -0.05) is 34.1 Å². The Labute approximate surface area is 107 Å². The number of hydrogen-bond donors (Lipinski definition) is 0. The van der Waals surface area contributed by atoms with Gasteiger partial charge in [-0.2, -0.15) is 0 Å². The van der Waals surface area contributed by atoms with Crippen LogP contribution in [0.25, 0.3) is 11.1 Å². The van der Waals surface area contributed by atoms with Crippen molar-refractivity contribution in [1.82, 2.24) is 0 Å². The highest BCUT2D eigenvalue weighted by molar-refractivity contribution is 9.10. The molecule has 0 bridgehead atoms. The molecule has 86 valence electrons. The Bertz CT molecular complexity index is 581. The molecule has 0 aromatic heterocycles. The number of nitrogens with zero attached hydrogens (tertiary/aromatic N) is 1. The fourth-order valence-electron chi connectivity index (χ4n) is 1.79. The Hall–Kier alpha value is -1.68. The molecule has 0 amide bonds. The zero-order valence-electron chi connectivity index (χ0n) is 9.18. The molecule has 0 saturated heterocycles. The van der Waals surface area contributed by atoms with Crippen LogP contribution in [-0.4, -0.2) is 4.92 Å². The highest BCUT2D eigenvalue weighted by Gasteiger charge is 2.15. The third kappa shape index (κ3) is 2.36. The van der Waals surface area contributed by atoms with Crippen molar-refractivity contribution >= 4 is 21.6 Å². The van der Waals surface area contributed by atoms with E-state index in [4.69, 9.17) is 0 Å². The first kappa shape index (κ1) is 11.8. The second kappa shape index (κ2) is 4.67. The van der Waals surface area contributed by atoms with Gasteiger partial charge < -0.3 is 0 Å². The lowest BCUT2D eigenvalue weighted by atomic mass is 9.99. The maximum Gasteiger partial charge on any atom is 0.277 e. The van der Waals surface area contributed by atoms with Crippen LogP contribution in [0.3, 0.4) is 0 Å². The topological polar surface area (TPSA) is 43.1 Å². The SMILES string of the molecule is Cc1cc(Br)ccc1-c1ccccc1[N+](=O)[O-]. The summed E-state index contributed by atoms with van der Waals surface area (Å²) in [7, 11) is 0. The first-order valence-corrected chi connectivity index (χ1v) is 5.89. The molecule has 3 nitrogen and oxygen atoms in total. The summed E-state index contributed by atoms with van der Waals surface area (Å²) in [6.45, 7) is 1.94. The van der Waals surface area contributed by atoms with E-state index in [0.29, 0.717) is 5.56 Å². The fraction of sp³-hybridized carbons (Fsp3) is 0.0769. The van der Waals surface area contributed by atoms with Crippen LogP contribution in [0, 0.1) is 17.0 Å². The van der Waals surface area contributed by atoms with Crippen LogP contribution in [0.5, 0.6) is 0 Å². The van der Waals surface area contributed by atoms with Crippen LogP contribution in [0.1, 0.15) is 5.56 Å². The van der Waals surface area contributed by atoms with E-state index in [2.05, 4.69) is 15.9 Å². The van der Waals surface area contributed by atoms with Gasteiger partial charge in [0.05, 0.1) is 10.5 Å². The molecule has 0 aliphatic carbocycles. The lowest BCUT2D eigenvalue weighted by Crippen LogP contribution is -1.92. The summed E-state index contributed by atoms with van der Waals surface area (Å²) in [4.78, 5) is 10.6. The molecule has 0 aliphatic rings. The third-order valence-electron chi connectivity index (χ3n) is 2.58. The predicted octanol–water partition coefficient (Wildman–Crippen LogP) is 4.33. The van der Waals surface area contributed by atoms with E-state index < -0.39 is 0 Å². The highest BCUT2D eigenvalue weighted by Crippen LogP contribution is 2.32. The zero-order chi connectivity index (χ0) is 12.4. The minimum absolute atomic E-state index is 0.137. The van der Waals surface area contributed by atoms with Crippen LogP contribution < -0.4 is 0 Å². The molecule has 17 heavy (non-hydrogen) atoms. The monoisotopic (exact) mass is 291 g/mol. The standard InChI is InChI=1S/C13H10BrNO2/c1-9-8-10(14)6-7-11(9)12-4-2-3-5-13(12)15(16)17/h2-8H,1H3. The first-order valence-electron chi connectivity index (χ1n) is 5.09. The summed E-state index contributed by atoms with van der Waals surface area (Å²) in [5.41, 5.74) is 2.69. The molecule has 0 aliphatic heterocycles. The highest BCUT2D eigenvalue weighted by atomic mass is 79.9. The molecule has 4 heteroatoms. The number of aryl methyl sites for hydroxylation is 1. The number of benzene rings is 2. The van der Waals surface area contributed by atoms with Gasteiger partial charge in [0.25, 0.3) is 5.69 Å². The lowest BCUT2D eigenvalue weighted by molar-refractivity contribution is -0.384. The average Bonchev–Trinajstić information content (AvgIpc) is 2.29. The summed E-state index contributed by atoms with van der Waals surface area (Å²) in [6.07, 6.45) is 0. The number of hydrogen-bond acceptors (Lipinski definition) is 2. The Kier molecular flexibility index (Phi) is 3.24. The number of para-hydroxylation sites is 1. The summed E-state index contributed by atoms with van der Waals surface area (Å²) in [5.74, 6) is 0. The molecule has 2 aromatic rings. The minimum atomic E-state index is -0.350. The van der Waals surface area contributed by atoms with E-state index in [9.17, 15) is 10.1 Å². The predicted molar refractivity (Wildman–Crippen MR) is 71.0 cm³/mol. The molecule has 0 N–H and O–H groups in total. The van der Waals surface area contributed by atoms with Gasteiger partial charge in [0.15, 0.2) is 0 Å². The molecule has 2 aromatic carbocycles. The van der Waals surface area contributed by atoms with Crippen LogP contribution in [-0.2, 0) is 0 Å². The maximum absolute atomic E-state index is 11.0. The molecule has 2 rings (SSSR count). The van der Waals surface area contributed by atoms with E-state index >= 15 is 0 Å². The maximum atomic E-state index is 11.0. The van der Waals surface area contributed by atoms with Crippen molar-refractivity contribution in [3.05, 3.63) is 62.6 Å². The van der Waals surface area contributed by atoms with Gasteiger partial charge in [-0.25, -0.2) is 0 Å². The summed E-state index contributed by atoms with van der Waals surface area (Å²) >= 11 is 3.38. The van der Waals surface area contributed by atoms with Crippen molar-refractivity contribution < 1.29 is 4.92 Å². The molecular weight excluding hydrogens is 282 g/mol. The van der Waals surface area contributed by atoms with Gasteiger partial charge in [-0.05, 0) is 36.2 Å². The van der Waals surface area contributed by atoms with Crippen LogP contribution in [0.4, 0.5) is 5.69 Å². The summed E-state index contributed by atoms with van der Waals surface area (Å²) in [6, 6.07) is 12.5. The molecule has 0 radical (unpaired) electrons. The van der Waals surface area contributed by atoms with Crippen molar-refractivity contribution in [3.63, 3.8) is 0 Å². The average molecular weight is 292 g/mol. The molecule has 0 spiro atoms. The fourth-order valence-corrected chi connectivity index (χ4v) is 2.27. The van der Waals surface area contributed by atoms with Crippen molar-refractivity contribution in [2.24, 2.45) is 0 Å². The molecule has 0 saturated carbocycles. The van der Waals surface area contributed by atoms with E-state index in [1.54, 1.807) is 12.1 Å². The quantitative estimate of drug-likeness (QED) is 0.610. The van der Waals surface area contributed by atoms with Crippen molar-refractivity contribution in [1.29, 1.82) is 0 Å². The van der Waals surface area contributed by atoms with Gasteiger partial charge in [0.1, 0.15) is 0 Å². The summed E-state index contributed by atoms with van der Waals surface area (Å²) in [5, 5.41) is 11.0. The molecule has 0 atom stereocenters. The number of nitro groups is 1.